The summed E-state index contributed by atoms with van der Waals surface area (Å²) in [7, 11) is 0. The lowest BCUT2D eigenvalue weighted by molar-refractivity contribution is 0.171. The second-order valence-corrected chi connectivity index (χ2v) is 7.00. The number of fused-ring (bicyclic) bond motifs is 2. The molecule has 1 saturated heterocycles. The van der Waals surface area contributed by atoms with E-state index in [2.05, 4.69) is 19.9 Å². The number of rotatable bonds is 2. The Morgan fingerprint density at radius 2 is 1.89 bits per heavy atom. The first-order chi connectivity index (χ1) is 13.8. The molecule has 0 radical (unpaired) electrons. The predicted molar refractivity (Wildman–Crippen MR) is 104 cm³/mol. The second-order valence-electron chi connectivity index (χ2n) is 7.00. The van der Waals surface area contributed by atoms with Crippen LogP contribution in [-0.2, 0) is 0 Å². The molecule has 4 heterocycles. The molecule has 5 rings (SSSR count). The molecule has 1 N–H and O–H groups in total. The molecular formula is C20H21N5O3. The van der Waals surface area contributed by atoms with Crippen LogP contribution in [0.2, 0.25) is 0 Å². The van der Waals surface area contributed by atoms with E-state index in [1.54, 1.807) is 6.20 Å². The average Bonchev–Trinajstić information content (AvgIpc) is 3.18. The van der Waals surface area contributed by atoms with Crippen molar-refractivity contribution in [2.24, 2.45) is 0 Å². The minimum Gasteiger partial charge on any atom is -0.486 e. The maximum atomic E-state index is 12.7. The summed E-state index contributed by atoms with van der Waals surface area (Å²) in [6.45, 7) is 2.45. The van der Waals surface area contributed by atoms with Gasteiger partial charge in [-0.25, -0.2) is 14.8 Å². The molecule has 144 valence electrons. The monoisotopic (exact) mass is 379 g/mol. The quantitative estimate of drug-likeness (QED) is 0.740. The normalized spacial score (nSPS) is 16.9. The summed E-state index contributed by atoms with van der Waals surface area (Å²) in [6, 6.07) is 9.54. The number of hydrogen-bond acceptors (Lipinski definition) is 5. The van der Waals surface area contributed by atoms with Crippen LogP contribution in [0.25, 0.3) is 11.2 Å². The van der Waals surface area contributed by atoms with Crippen molar-refractivity contribution >= 4 is 22.9 Å². The van der Waals surface area contributed by atoms with E-state index in [9.17, 15) is 4.79 Å². The number of urea groups is 1. The van der Waals surface area contributed by atoms with Crippen molar-refractivity contribution in [1.29, 1.82) is 0 Å². The van der Waals surface area contributed by atoms with Crippen molar-refractivity contribution in [1.82, 2.24) is 19.4 Å². The first-order valence-electron chi connectivity index (χ1n) is 9.51. The van der Waals surface area contributed by atoms with Crippen molar-refractivity contribution in [2.45, 2.75) is 18.9 Å². The Labute approximate surface area is 162 Å². The lowest BCUT2D eigenvalue weighted by Gasteiger charge is -2.32. The maximum Gasteiger partial charge on any atom is 0.321 e. The number of anilines is 1. The van der Waals surface area contributed by atoms with Gasteiger partial charge in [0.15, 0.2) is 17.1 Å². The molecule has 0 unspecified atom stereocenters. The SMILES string of the molecule is O=C(Nc1ccc2c(c1)OCCO2)N1CCC(n2cnc3cccnc32)CC1. The van der Waals surface area contributed by atoms with Gasteiger partial charge in [0.25, 0.3) is 0 Å². The van der Waals surface area contributed by atoms with Crippen molar-refractivity contribution in [3.05, 3.63) is 42.9 Å². The molecule has 28 heavy (non-hydrogen) atoms. The molecule has 8 heteroatoms. The second kappa shape index (κ2) is 7.03. The van der Waals surface area contributed by atoms with Crippen LogP contribution >= 0.6 is 0 Å². The summed E-state index contributed by atoms with van der Waals surface area (Å²) in [4.78, 5) is 23.4. The number of likely N-dealkylation sites (tertiary alicyclic amines) is 1. The van der Waals surface area contributed by atoms with E-state index >= 15 is 0 Å². The molecule has 2 aromatic heterocycles. The zero-order chi connectivity index (χ0) is 18.9. The number of ether oxygens (including phenoxy) is 2. The summed E-state index contributed by atoms with van der Waals surface area (Å²) < 4.78 is 13.2. The number of carbonyl (C=O) groups excluding carboxylic acids is 1. The van der Waals surface area contributed by atoms with Crippen LogP contribution < -0.4 is 14.8 Å². The van der Waals surface area contributed by atoms with Crippen LogP contribution in [0.1, 0.15) is 18.9 Å². The van der Waals surface area contributed by atoms with Crippen molar-refractivity contribution in [3.63, 3.8) is 0 Å². The highest BCUT2D eigenvalue weighted by molar-refractivity contribution is 5.89. The third-order valence-electron chi connectivity index (χ3n) is 5.27. The van der Waals surface area contributed by atoms with E-state index in [1.807, 2.05) is 41.6 Å². The fraction of sp³-hybridized carbons (Fsp3) is 0.350. The lowest BCUT2D eigenvalue weighted by Crippen LogP contribution is -2.41. The first kappa shape index (κ1) is 16.9. The van der Waals surface area contributed by atoms with Crippen LogP contribution in [0, 0.1) is 0 Å². The van der Waals surface area contributed by atoms with E-state index in [1.165, 1.54) is 0 Å². The van der Waals surface area contributed by atoms with E-state index in [-0.39, 0.29) is 6.03 Å². The molecule has 0 saturated carbocycles. The molecule has 0 atom stereocenters. The number of benzene rings is 1. The van der Waals surface area contributed by atoms with Crippen LogP contribution in [-0.4, -0.2) is 51.8 Å². The summed E-state index contributed by atoms with van der Waals surface area (Å²) in [5.74, 6) is 1.38. The highest BCUT2D eigenvalue weighted by Gasteiger charge is 2.25. The fourth-order valence-corrected chi connectivity index (χ4v) is 3.81. The molecule has 0 bridgehead atoms. The Hall–Kier alpha value is -3.29. The largest absolute Gasteiger partial charge is 0.486 e. The molecule has 1 fully saturated rings. The molecule has 3 aromatic rings. The number of piperidine rings is 1. The number of imidazole rings is 1. The van der Waals surface area contributed by atoms with Crippen LogP contribution in [0.5, 0.6) is 11.5 Å². The van der Waals surface area contributed by atoms with Crippen molar-refractivity contribution in [3.8, 4) is 11.5 Å². The lowest BCUT2D eigenvalue weighted by atomic mass is 10.1. The summed E-state index contributed by atoms with van der Waals surface area (Å²) in [5.41, 5.74) is 2.52. The number of nitrogens with one attached hydrogen (secondary N) is 1. The predicted octanol–water partition coefficient (Wildman–Crippen LogP) is 3.07. The van der Waals surface area contributed by atoms with E-state index in [4.69, 9.17) is 9.47 Å². The van der Waals surface area contributed by atoms with Crippen LogP contribution in [0.3, 0.4) is 0 Å². The molecule has 0 aliphatic carbocycles. The van der Waals surface area contributed by atoms with Crippen LogP contribution in [0.4, 0.5) is 10.5 Å². The smallest absolute Gasteiger partial charge is 0.321 e. The molecule has 1 aromatic carbocycles. The molecule has 2 aliphatic rings. The highest BCUT2D eigenvalue weighted by Crippen LogP contribution is 2.33. The summed E-state index contributed by atoms with van der Waals surface area (Å²) in [5, 5.41) is 2.96. The van der Waals surface area contributed by atoms with Crippen LogP contribution in [0.15, 0.2) is 42.9 Å². The highest BCUT2D eigenvalue weighted by atomic mass is 16.6. The zero-order valence-corrected chi connectivity index (χ0v) is 15.4. The summed E-state index contributed by atoms with van der Waals surface area (Å²) in [6.07, 6.45) is 5.39. The topological polar surface area (TPSA) is 81.5 Å². The number of nitrogens with zero attached hydrogens (tertiary/aromatic N) is 4. The van der Waals surface area contributed by atoms with Gasteiger partial charge in [-0.2, -0.15) is 0 Å². The molecule has 2 amide bonds. The van der Waals surface area contributed by atoms with Gasteiger partial charge < -0.3 is 24.3 Å². The molecule has 8 nitrogen and oxygen atoms in total. The van der Waals surface area contributed by atoms with Gasteiger partial charge in [0.1, 0.15) is 18.7 Å². The minimum absolute atomic E-state index is 0.0938. The zero-order valence-electron chi connectivity index (χ0n) is 15.4. The third-order valence-corrected chi connectivity index (χ3v) is 5.27. The molecular weight excluding hydrogens is 358 g/mol. The van der Waals surface area contributed by atoms with Crippen molar-refractivity contribution in [2.75, 3.05) is 31.6 Å². The summed E-state index contributed by atoms with van der Waals surface area (Å²) >= 11 is 0. The van der Waals surface area contributed by atoms with E-state index in [0.717, 1.165) is 24.0 Å². The average molecular weight is 379 g/mol. The van der Waals surface area contributed by atoms with Gasteiger partial charge in [0.05, 0.1) is 6.33 Å². The maximum absolute atomic E-state index is 12.7. The minimum atomic E-state index is -0.0938. The number of hydrogen-bond donors (Lipinski definition) is 1. The van der Waals surface area contributed by atoms with Gasteiger partial charge in [-0.15, -0.1) is 0 Å². The Kier molecular flexibility index (Phi) is 4.23. The van der Waals surface area contributed by atoms with Gasteiger partial charge in [-0.1, -0.05) is 0 Å². The Balaban J connectivity index is 1.22. The van der Waals surface area contributed by atoms with Gasteiger partial charge in [0.2, 0.25) is 0 Å². The Morgan fingerprint density at radius 1 is 1.07 bits per heavy atom. The fourth-order valence-electron chi connectivity index (χ4n) is 3.81. The number of aromatic nitrogens is 3. The van der Waals surface area contributed by atoms with Gasteiger partial charge >= 0.3 is 6.03 Å². The first-order valence-corrected chi connectivity index (χ1v) is 9.51. The van der Waals surface area contributed by atoms with E-state index < -0.39 is 0 Å². The van der Waals surface area contributed by atoms with E-state index in [0.29, 0.717) is 49.5 Å². The van der Waals surface area contributed by atoms with Gasteiger partial charge in [-0.05, 0) is 37.1 Å². The number of pyridine rings is 1. The Bertz CT molecular complexity index is 1010. The van der Waals surface area contributed by atoms with Gasteiger partial charge in [-0.3, -0.25) is 0 Å². The van der Waals surface area contributed by atoms with Crippen molar-refractivity contribution < 1.29 is 14.3 Å². The number of carbonyl (C=O) groups is 1. The molecule has 0 spiro atoms. The molecule has 2 aliphatic heterocycles. The van der Waals surface area contributed by atoms with Gasteiger partial charge in [0, 0.05) is 37.1 Å². The Morgan fingerprint density at radius 3 is 2.75 bits per heavy atom. The number of amides is 2. The standard InChI is InChI=1S/C20H21N5O3/c26-20(23-14-3-4-17-18(12-14)28-11-10-27-17)24-8-5-15(6-9-24)25-13-22-16-2-1-7-21-19(16)25/h1-4,7,12-13,15H,5-6,8-11H2,(H,23,26). The third kappa shape index (κ3) is 3.11.